The summed E-state index contributed by atoms with van der Waals surface area (Å²) in [7, 11) is 1.64. The normalized spacial score (nSPS) is 11.0. The van der Waals surface area contributed by atoms with Crippen LogP contribution in [0.2, 0.25) is 0 Å². The lowest BCUT2D eigenvalue weighted by molar-refractivity contribution is 0.414. The second-order valence-electron chi connectivity index (χ2n) is 4.86. The van der Waals surface area contributed by atoms with Crippen LogP contribution in [-0.2, 0) is 13.0 Å². The van der Waals surface area contributed by atoms with Gasteiger partial charge in [-0.05, 0) is 17.7 Å². The number of rotatable bonds is 4. The van der Waals surface area contributed by atoms with E-state index in [-0.39, 0.29) is 5.56 Å². The van der Waals surface area contributed by atoms with Crippen LogP contribution >= 0.6 is 0 Å². The van der Waals surface area contributed by atoms with Gasteiger partial charge in [0.1, 0.15) is 17.1 Å². The molecule has 3 rings (SSSR count). The number of methoxy groups -OCH3 is 1. The number of aromatic nitrogens is 3. The number of nitrogens with zero attached hydrogens (tertiary/aromatic N) is 3. The van der Waals surface area contributed by atoms with Crippen LogP contribution in [0, 0.1) is 0 Å². The van der Waals surface area contributed by atoms with E-state index in [1.54, 1.807) is 24.1 Å². The molecular weight excluding hydrogens is 266 g/mol. The van der Waals surface area contributed by atoms with Gasteiger partial charge < -0.3 is 9.30 Å². The van der Waals surface area contributed by atoms with Gasteiger partial charge in [0.15, 0.2) is 0 Å². The van der Waals surface area contributed by atoms with E-state index in [4.69, 9.17) is 4.74 Å². The number of hydrogen-bond donors (Lipinski definition) is 0. The van der Waals surface area contributed by atoms with E-state index in [2.05, 4.69) is 4.98 Å². The van der Waals surface area contributed by atoms with Crippen LogP contribution in [0.3, 0.4) is 0 Å². The van der Waals surface area contributed by atoms with Crippen molar-refractivity contribution in [3.63, 3.8) is 0 Å². The largest absolute Gasteiger partial charge is 0.497 e. The molecule has 0 spiro atoms. The van der Waals surface area contributed by atoms with Crippen molar-refractivity contribution in [1.29, 1.82) is 0 Å². The third-order valence-corrected chi connectivity index (χ3v) is 3.58. The quantitative estimate of drug-likeness (QED) is 0.737. The molecule has 0 N–H and O–H groups in total. The van der Waals surface area contributed by atoms with Crippen molar-refractivity contribution in [2.75, 3.05) is 7.11 Å². The molecule has 0 atom stereocenters. The van der Waals surface area contributed by atoms with Crippen LogP contribution in [0.4, 0.5) is 0 Å². The molecule has 1 aromatic carbocycles. The summed E-state index contributed by atoms with van der Waals surface area (Å²) in [5.74, 6) is 1.71. The highest BCUT2D eigenvalue weighted by Gasteiger charge is 2.07. The zero-order chi connectivity index (χ0) is 14.8. The molecule has 0 saturated carbocycles. The summed E-state index contributed by atoms with van der Waals surface area (Å²) in [5.41, 5.74) is 1.64. The van der Waals surface area contributed by atoms with Crippen molar-refractivity contribution >= 4 is 5.52 Å². The molecule has 0 fully saturated rings. The molecule has 0 unspecified atom stereocenters. The highest BCUT2D eigenvalue weighted by atomic mass is 16.5. The van der Waals surface area contributed by atoms with E-state index in [1.165, 1.54) is 0 Å². The zero-order valence-electron chi connectivity index (χ0n) is 12.1. The van der Waals surface area contributed by atoms with Crippen LogP contribution < -0.4 is 10.3 Å². The third-order valence-electron chi connectivity index (χ3n) is 3.58. The summed E-state index contributed by atoms with van der Waals surface area (Å²) < 4.78 is 8.68. The average molecular weight is 283 g/mol. The Hall–Kier alpha value is -2.56. The maximum absolute atomic E-state index is 12.5. The summed E-state index contributed by atoms with van der Waals surface area (Å²) in [6, 6.07) is 7.71. The first-order valence-corrected chi connectivity index (χ1v) is 6.91. The van der Waals surface area contributed by atoms with Gasteiger partial charge in [-0.15, -0.1) is 0 Å². The van der Waals surface area contributed by atoms with Gasteiger partial charge in [0, 0.05) is 18.8 Å². The lowest BCUT2D eigenvalue weighted by Crippen LogP contribution is -2.21. The Kier molecular flexibility index (Phi) is 3.48. The lowest BCUT2D eigenvalue weighted by Gasteiger charge is -2.08. The molecule has 0 saturated heterocycles. The maximum atomic E-state index is 12.5. The Balaban J connectivity index is 1.97. The van der Waals surface area contributed by atoms with Crippen molar-refractivity contribution in [1.82, 2.24) is 14.0 Å². The van der Waals surface area contributed by atoms with E-state index in [0.29, 0.717) is 12.1 Å². The van der Waals surface area contributed by atoms with Crippen LogP contribution in [0.15, 0.2) is 47.7 Å². The summed E-state index contributed by atoms with van der Waals surface area (Å²) in [5, 5.41) is 0. The van der Waals surface area contributed by atoms with Crippen LogP contribution in [0.1, 0.15) is 18.3 Å². The van der Waals surface area contributed by atoms with Gasteiger partial charge in [-0.25, -0.2) is 4.98 Å². The molecule has 5 nitrogen and oxygen atoms in total. The standard InChI is InChI=1S/C16H17N3O2/c1-3-15-17-10-14-16(20)18(8-9-19(14)15)11-12-4-6-13(21-2)7-5-12/h4-10H,3,11H2,1-2H3. The lowest BCUT2D eigenvalue weighted by atomic mass is 10.2. The molecule has 0 bridgehead atoms. The number of imidazole rings is 1. The van der Waals surface area contributed by atoms with Crippen LogP contribution in [0.25, 0.3) is 5.52 Å². The van der Waals surface area contributed by atoms with Gasteiger partial charge in [0.05, 0.1) is 19.9 Å². The number of hydrogen-bond acceptors (Lipinski definition) is 3. The minimum absolute atomic E-state index is 0.0273. The SMILES string of the molecule is CCc1ncc2c(=O)n(Cc3ccc(OC)cc3)ccn12. The zero-order valence-corrected chi connectivity index (χ0v) is 12.1. The molecule has 3 aromatic rings. The van der Waals surface area contributed by atoms with Gasteiger partial charge in [-0.1, -0.05) is 19.1 Å². The Bertz CT molecular complexity index is 816. The number of aryl methyl sites for hydroxylation is 1. The monoisotopic (exact) mass is 283 g/mol. The highest BCUT2D eigenvalue weighted by molar-refractivity contribution is 5.43. The van der Waals surface area contributed by atoms with Crippen molar-refractivity contribution in [3.8, 4) is 5.75 Å². The van der Waals surface area contributed by atoms with Gasteiger partial charge in [-0.2, -0.15) is 0 Å². The third kappa shape index (κ3) is 2.42. The van der Waals surface area contributed by atoms with Crippen molar-refractivity contribution in [2.24, 2.45) is 0 Å². The van der Waals surface area contributed by atoms with Crippen molar-refractivity contribution in [3.05, 3.63) is 64.6 Å². The molecule has 0 amide bonds. The molecule has 0 aliphatic rings. The van der Waals surface area contributed by atoms with Gasteiger partial charge >= 0.3 is 0 Å². The van der Waals surface area contributed by atoms with Crippen molar-refractivity contribution < 1.29 is 4.74 Å². The molecule has 108 valence electrons. The molecule has 21 heavy (non-hydrogen) atoms. The average Bonchev–Trinajstić information content (AvgIpc) is 2.94. The number of benzene rings is 1. The summed E-state index contributed by atoms with van der Waals surface area (Å²) in [6.07, 6.45) is 6.15. The number of ether oxygens (including phenoxy) is 1. The first-order chi connectivity index (χ1) is 10.2. The van der Waals surface area contributed by atoms with Gasteiger partial charge in [0.25, 0.3) is 5.56 Å². The molecule has 5 heteroatoms. The van der Waals surface area contributed by atoms with E-state index < -0.39 is 0 Å². The summed E-state index contributed by atoms with van der Waals surface area (Å²) in [4.78, 5) is 16.7. The van der Waals surface area contributed by atoms with Crippen molar-refractivity contribution in [2.45, 2.75) is 19.9 Å². The Morgan fingerprint density at radius 3 is 2.62 bits per heavy atom. The van der Waals surface area contributed by atoms with Gasteiger partial charge in [-0.3, -0.25) is 9.20 Å². The molecule has 0 aliphatic heterocycles. The fourth-order valence-electron chi connectivity index (χ4n) is 2.40. The maximum Gasteiger partial charge on any atom is 0.276 e. The first kappa shape index (κ1) is 13.4. The first-order valence-electron chi connectivity index (χ1n) is 6.91. The van der Waals surface area contributed by atoms with E-state index in [0.717, 1.165) is 23.6 Å². The second kappa shape index (κ2) is 5.44. The molecular formula is C16H17N3O2. The summed E-state index contributed by atoms with van der Waals surface area (Å²) >= 11 is 0. The Labute approximate surface area is 122 Å². The molecule has 0 aliphatic carbocycles. The van der Waals surface area contributed by atoms with Gasteiger partial charge in [0.2, 0.25) is 0 Å². The second-order valence-corrected chi connectivity index (χ2v) is 4.86. The Morgan fingerprint density at radius 1 is 1.19 bits per heavy atom. The summed E-state index contributed by atoms with van der Waals surface area (Å²) in [6.45, 7) is 2.56. The topological polar surface area (TPSA) is 48.5 Å². The minimum atomic E-state index is -0.0273. The van der Waals surface area contributed by atoms with E-state index >= 15 is 0 Å². The molecule has 2 aromatic heterocycles. The predicted octanol–water partition coefficient (Wildman–Crippen LogP) is 2.12. The smallest absolute Gasteiger partial charge is 0.276 e. The predicted molar refractivity (Wildman–Crippen MR) is 80.9 cm³/mol. The fourth-order valence-corrected chi connectivity index (χ4v) is 2.40. The van der Waals surface area contributed by atoms with E-state index in [1.807, 2.05) is 41.8 Å². The van der Waals surface area contributed by atoms with Crippen LogP contribution in [0.5, 0.6) is 5.75 Å². The highest BCUT2D eigenvalue weighted by Crippen LogP contribution is 2.12. The fraction of sp³-hybridized carbons (Fsp3) is 0.250. The number of fused-ring (bicyclic) bond motifs is 1. The van der Waals surface area contributed by atoms with Crippen LogP contribution in [-0.4, -0.2) is 21.1 Å². The molecule has 0 radical (unpaired) electrons. The van der Waals surface area contributed by atoms with E-state index in [9.17, 15) is 4.79 Å². The molecule has 2 heterocycles. The Morgan fingerprint density at radius 2 is 1.95 bits per heavy atom. The minimum Gasteiger partial charge on any atom is -0.497 e.